The molecular formula is C16H23N3O. The van der Waals surface area contributed by atoms with Crippen molar-refractivity contribution in [2.45, 2.75) is 46.1 Å². The van der Waals surface area contributed by atoms with Crippen molar-refractivity contribution in [1.82, 2.24) is 4.98 Å². The van der Waals surface area contributed by atoms with Crippen LogP contribution in [0.4, 0.5) is 0 Å². The molecule has 4 nitrogen and oxygen atoms in total. The Morgan fingerprint density at radius 2 is 2.20 bits per heavy atom. The maximum absolute atomic E-state index is 7.64. The van der Waals surface area contributed by atoms with Crippen LogP contribution in [0, 0.1) is 22.2 Å². The number of fused-ring (bicyclic) bond motifs is 2. The summed E-state index contributed by atoms with van der Waals surface area (Å²) in [6.07, 6.45) is 5.45. The van der Waals surface area contributed by atoms with Gasteiger partial charge in [0.2, 0.25) is 5.88 Å². The highest BCUT2D eigenvalue weighted by Crippen LogP contribution is 2.66. The van der Waals surface area contributed by atoms with Crippen molar-refractivity contribution in [2.24, 2.45) is 22.5 Å². The summed E-state index contributed by atoms with van der Waals surface area (Å²) in [5, 5.41) is 7.64. The largest absolute Gasteiger partial charge is 0.473 e. The third-order valence-corrected chi connectivity index (χ3v) is 6.03. The normalized spacial score (nSPS) is 34.1. The van der Waals surface area contributed by atoms with Crippen LogP contribution in [0.3, 0.4) is 0 Å². The van der Waals surface area contributed by atoms with Gasteiger partial charge in [0.25, 0.3) is 0 Å². The summed E-state index contributed by atoms with van der Waals surface area (Å²) in [6, 6.07) is 3.58. The Morgan fingerprint density at radius 1 is 1.45 bits per heavy atom. The number of nitrogens with two attached hydrogens (primary N) is 1. The zero-order valence-electron chi connectivity index (χ0n) is 12.4. The van der Waals surface area contributed by atoms with Crippen molar-refractivity contribution in [3.8, 4) is 5.88 Å². The van der Waals surface area contributed by atoms with E-state index in [1.54, 1.807) is 18.3 Å². The van der Waals surface area contributed by atoms with E-state index < -0.39 is 0 Å². The molecule has 0 spiro atoms. The lowest BCUT2D eigenvalue weighted by molar-refractivity contribution is 0.0272. The molecule has 3 unspecified atom stereocenters. The second-order valence-electron chi connectivity index (χ2n) is 6.99. The molecule has 2 aliphatic carbocycles. The van der Waals surface area contributed by atoms with Crippen LogP contribution in [0.25, 0.3) is 0 Å². The van der Waals surface area contributed by atoms with Gasteiger partial charge in [-0.05, 0) is 42.7 Å². The average molecular weight is 273 g/mol. The SMILES string of the molecule is CC1(C)C2CCC1(C)C(Oc1ncccc1C(=N)N)C2. The molecule has 0 saturated heterocycles. The van der Waals surface area contributed by atoms with Gasteiger partial charge < -0.3 is 10.5 Å². The molecule has 2 aliphatic rings. The Labute approximate surface area is 120 Å². The fourth-order valence-corrected chi connectivity index (χ4v) is 4.13. The lowest BCUT2D eigenvalue weighted by Gasteiger charge is -2.38. The van der Waals surface area contributed by atoms with E-state index in [0.717, 1.165) is 12.3 Å². The minimum absolute atomic E-state index is 0.0145. The third kappa shape index (κ3) is 1.67. The molecule has 108 valence electrons. The third-order valence-electron chi connectivity index (χ3n) is 6.03. The molecule has 3 atom stereocenters. The standard InChI is InChI=1S/C16H23N3O/c1-15(2)10-6-7-16(15,3)12(9-10)20-14-11(13(17)18)5-4-8-19-14/h4-5,8,10,12H,6-7,9H2,1-3H3,(H3,17,18). The first-order valence-corrected chi connectivity index (χ1v) is 7.32. The molecule has 0 aromatic carbocycles. The van der Waals surface area contributed by atoms with Crippen LogP contribution in [0.1, 0.15) is 45.6 Å². The highest BCUT2D eigenvalue weighted by Gasteiger charge is 2.62. The number of pyridine rings is 1. The lowest BCUT2D eigenvalue weighted by atomic mass is 9.70. The van der Waals surface area contributed by atoms with Crippen LogP contribution in [0.5, 0.6) is 5.88 Å². The quantitative estimate of drug-likeness (QED) is 0.657. The predicted octanol–water partition coefficient (Wildman–Crippen LogP) is 2.96. The van der Waals surface area contributed by atoms with E-state index in [9.17, 15) is 0 Å². The van der Waals surface area contributed by atoms with E-state index in [1.165, 1.54) is 12.8 Å². The van der Waals surface area contributed by atoms with Gasteiger partial charge in [-0.25, -0.2) is 4.98 Å². The smallest absolute Gasteiger partial charge is 0.224 e. The topological polar surface area (TPSA) is 72.0 Å². The summed E-state index contributed by atoms with van der Waals surface area (Å²) in [5.74, 6) is 1.25. The summed E-state index contributed by atoms with van der Waals surface area (Å²) in [4.78, 5) is 4.28. The lowest BCUT2D eigenvalue weighted by Crippen LogP contribution is -2.39. The summed E-state index contributed by atoms with van der Waals surface area (Å²) in [7, 11) is 0. The summed E-state index contributed by atoms with van der Waals surface area (Å²) < 4.78 is 6.21. The summed E-state index contributed by atoms with van der Waals surface area (Å²) in [6.45, 7) is 7.05. The number of hydrogen-bond donors (Lipinski definition) is 2. The van der Waals surface area contributed by atoms with Gasteiger partial charge in [0.15, 0.2) is 0 Å². The predicted molar refractivity (Wildman–Crippen MR) is 78.9 cm³/mol. The van der Waals surface area contributed by atoms with Crippen LogP contribution in [-0.4, -0.2) is 16.9 Å². The van der Waals surface area contributed by atoms with Gasteiger partial charge in [-0.2, -0.15) is 0 Å². The van der Waals surface area contributed by atoms with Gasteiger partial charge in [-0.1, -0.05) is 20.8 Å². The molecule has 3 N–H and O–H groups in total. The van der Waals surface area contributed by atoms with Gasteiger partial charge in [-0.15, -0.1) is 0 Å². The second kappa shape index (κ2) is 4.21. The molecule has 1 aromatic heterocycles. The highest BCUT2D eigenvalue weighted by molar-refractivity contribution is 5.96. The van der Waals surface area contributed by atoms with Crippen LogP contribution in [-0.2, 0) is 0 Å². The van der Waals surface area contributed by atoms with Gasteiger partial charge in [-0.3, -0.25) is 5.41 Å². The number of aromatic nitrogens is 1. The zero-order chi connectivity index (χ0) is 14.5. The molecule has 2 fully saturated rings. The average Bonchev–Trinajstić information content (AvgIpc) is 2.72. The Morgan fingerprint density at radius 3 is 2.75 bits per heavy atom. The molecule has 3 rings (SSSR count). The monoisotopic (exact) mass is 273 g/mol. The Balaban J connectivity index is 1.89. The molecule has 0 aliphatic heterocycles. The zero-order valence-corrected chi connectivity index (χ0v) is 12.4. The molecule has 1 heterocycles. The van der Waals surface area contributed by atoms with E-state index >= 15 is 0 Å². The number of ether oxygens (including phenoxy) is 1. The van der Waals surface area contributed by atoms with Crippen LogP contribution >= 0.6 is 0 Å². The molecule has 1 aromatic rings. The number of nitrogens with zero attached hydrogens (tertiary/aromatic N) is 1. The van der Waals surface area contributed by atoms with E-state index in [2.05, 4.69) is 25.8 Å². The molecule has 2 bridgehead atoms. The first kappa shape index (κ1) is 13.4. The number of rotatable bonds is 3. The van der Waals surface area contributed by atoms with E-state index in [0.29, 0.717) is 16.9 Å². The van der Waals surface area contributed by atoms with Gasteiger partial charge >= 0.3 is 0 Å². The van der Waals surface area contributed by atoms with E-state index in [-0.39, 0.29) is 17.4 Å². The maximum atomic E-state index is 7.64. The van der Waals surface area contributed by atoms with Crippen molar-refractivity contribution in [1.29, 1.82) is 5.41 Å². The Kier molecular flexibility index (Phi) is 2.82. The summed E-state index contributed by atoms with van der Waals surface area (Å²) in [5.41, 5.74) is 6.70. The van der Waals surface area contributed by atoms with Gasteiger partial charge in [0, 0.05) is 11.6 Å². The Bertz CT molecular complexity index is 554. The Hall–Kier alpha value is -1.58. The molecule has 0 amide bonds. The van der Waals surface area contributed by atoms with Crippen LogP contribution in [0.2, 0.25) is 0 Å². The first-order chi connectivity index (χ1) is 9.36. The fourth-order valence-electron chi connectivity index (χ4n) is 4.13. The van der Waals surface area contributed by atoms with Crippen molar-refractivity contribution in [2.75, 3.05) is 0 Å². The van der Waals surface area contributed by atoms with Gasteiger partial charge in [0.05, 0.1) is 5.56 Å². The summed E-state index contributed by atoms with van der Waals surface area (Å²) >= 11 is 0. The molecule has 0 radical (unpaired) electrons. The number of nitrogen functional groups attached to an aromatic ring is 1. The maximum Gasteiger partial charge on any atom is 0.224 e. The van der Waals surface area contributed by atoms with E-state index in [1.807, 2.05) is 0 Å². The second-order valence-corrected chi connectivity index (χ2v) is 6.99. The molecule has 4 heteroatoms. The van der Waals surface area contributed by atoms with Crippen molar-refractivity contribution in [3.63, 3.8) is 0 Å². The first-order valence-electron chi connectivity index (χ1n) is 7.32. The highest BCUT2D eigenvalue weighted by atomic mass is 16.5. The fraction of sp³-hybridized carbons (Fsp3) is 0.625. The van der Waals surface area contributed by atoms with Crippen LogP contribution < -0.4 is 10.5 Å². The minimum atomic E-state index is 0.0145. The van der Waals surface area contributed by atoms with Crippen molar-refractivity contribution >= 4 is 5.84 Å². The number of amidine groups is 1. The van der Waals surface area contributed by atoms with Crippen molar-refractivity contribution < 1.29 is 4.74 Å². The minimum Gasteiger partial charge on any atom is -0.473 e. The molecule has 2 saturated carbocycles. The molecular weight excluding hydrogens is 250 g/mol. The van der Waals surface area contributed by atoms with Crippen LogP contribution in [0.15, 0.2) is 18.3 Å². The van der Waals surface area contributed by atoms with Gasteiger partial charge in [0.1, 0.15) is 11.9 Å². The van der Waals surface area contributed by atoms with Crippen molar-refractivity contribution in [3.05, 3.63) is 23.9 Å². The number of hydrogen-bond acceptors (Lipinski definition) is 3. The molecule has 20 heavy (non-hydrogen) atoms. The van der Waals surface area contributed by atoms with E-state index in [4.69, 9.17) is 15.9 Å². The number of nitrogens with one attached hydrogen (secondary N) is 1.